The topological polar surface area (TPSA) is 114 Å². The third-order valence-electron chi connectivity index (χ3n) is 9.11. The van der Waals surface area contributed by atoms with Crippen molar-refractivity contribution in [1.82, 2.24) is 4.98 Å². The number of carboxylic acid groups (broad SMARTS) is 1. The molecule has 6 nitrogen and oxygen atoms in total. The second-order valence-electron chi connectivity index (χ2n) is 11.9. The van der Waals surface area contributed by atoms with Gasteiger partial charge in [-0.15, -0.1) is 0 Å². The molecule has 3 rings (SSSR count). The number of hydrogen-bond acceptors (Lipinski definition) is 4. The molecule has 6 heteroatoms. The lowest BCUT2D eigenvalue weighted by atomic mass is 9.80. The minimum absolute atomic E-state index is 0.137. The maximum Gasteiger partial charge on any atom is 0.309 e. The lowest BCUT2D eigenvalue weighted by Gasteiger charge is -2.32. The van der Waals surface area contributed by atoms with Gasteiger partial charge in [-0.1, -0.05) is 64.0 Å². The lowest BCUT2D eigenvalue weighted by molar-refractivity contribution is -0.146. The third kappa shape index (κ3) is 9.26. The Bertz CT molecular complexity index is 809. The first-order valence-corrected chi connectivity index (χ1v) is 14.9. The minimum Gasteiger partial charge on any atom is -0.481 e. The predicted octanol–water partition coefficient (Wildman–Crippen LogP) is 6.01. The van der Waals surface area contributed by atoms with Gasteiger partial charge in [0.05, 0.1) is 23.7 Å². The van der Waals surface area contributed by atoms with Crippen LogP contribution in [0.4, 0.5) is 0 Å². The SMILES string of the molecule is CCCCC[C@@H]1C=C[C@@H](CCCCC[C@H](C(=O)O)[C@H](O)CC[C@]2(O)CCC[C@H]2Cc2ccc[nH]2)[C@H](O)C1. The van der Waals surface area contributed by atoms with Gasteiger partial charge in [-0.3, -0.25) is 4.79 Å². The van der Waals surface area contributed by atoms with Crippen LogP contribution < -0.4 is 0 Å². The highest BCUT2D eigenvalue weighted by Crippen LogP contribution is 2.41. The zero-order valence-electron chi connectivity index (χ0n) is 22.9. The molecule has 0 bridgehead atoms. The Morgan fingerprint density at radius 1 is 1.14 bits per heavy atom. The standard InChI is InChI=1S/C31H51NO5/c1-2-3-5-10-23-15-16-24(29(34)21-23)11-6-4-7-14-27(30(35)36)28(33)17-19-31(37)18-8-12-25(31)22-26-13-9-20-32-26/h9,13,15-16,20,23-25,27-29,32-34,37H,2-8,10-12,14,17-19,21-22H2,1H3,(H,35,36)/t23-,24-,25+,27+,28-,29-,31-/m1/s1. The Kier molecular flexibility index (Phi) is 12.2. The van der Waals surface area contributed by atoms with Gasteiger partial charge in [-0.25, -0.2) is 0 Å². The van der Waals surface area contributed by atoms with E-state index in [-0.39, 0.29) is 17.9 Å². The molecule has 210 valence electrons. The van der Waals surface area contributed by atoms with Gasteiger partial charge in [0.25, 0.3) is 0 Å². The number of aromatic nitrogens is 1. The quantitative estimate of drug-likeness (QED) is 0.128. The second-order valence-corrected chi connectivity index (χ2v) is 11.9. The number of aliphatic hydroxyl groups is 3. The van der Waals surface area contributed by atoms with Crippen LogP contribution in [0, 0.1) is 23.7 Å². The monoisotopic (exact) mass is 517 g/mol. The van der Waals surface area contributed by atoms with Gasteiger partial charge in [0.2, 0.25) is 0 Å². The molecule has 37 heavy (non-hydrogen) atoms. The lowest BCUT2D eigenvalue weighted by Crippen LogP contribution is -2.37. The van der Waals surface area contributed by atoms with Crippen molar-refractivity contribution < 1.29 is 25.2 Å². The summed E-state index contributed by atoms with van der Waals surface area (Å²) in [6.45, 7) is 2.21. The molecule has 7 atom stereocenters. The molecule has 0 spiro atoms. The van der Waals surface area contributed by atoms with Gasteiger partial charge in [-0.2, -0.15) is 0 Å². The van der Waals surface area contributed by atoms with E-state index in [1.807, 2.05) is 18.3 Å². The Morgan fingerprint density at radius 2 is 1.95 bits per heavy atom. The van der Waals surface area contributed by atoms with E-state index in [2.05, 4.69) is 24.1 Å². The van der Waals surface area contributed by atoms with Crippen molar-refractivity contribution in [3.8, 4) is 0 Å². The van der Waals surface area contributed by atoms with E-state index in [0.29, 0.717) is 31.6 Å². The number of nitrogens with one attached hydrogen (secondary N) is 1. The number of hydrogen-bond donors (Lipinski definition) is 5. The fourth-order valence-corrected chi connectivity index (χ4v) is 6.66. The average molecular weight is 518 g/mol. The molecule has 1 aromatic heterocycles. The van der Waals surface area contributed by atoms with E-state index in [9.17, 15) is 25.2 Å². The number of aliphatic carboxylic acids is 1. The van der Waals surface area contributed by atoms with Crippen molar-refractivity contribution in [3.05, 3.63) is 36.2 Å². The highest BCUT2D eigenvalue weighted by molar-refractivity contribution is 5.70. The molecule has 0 aromatic carbocycles. The van der Waals surface area contributed by atoms with Gasteiger partial charge in [0.15, 0.2) is 0 Å². The van der Waals surface area contributed by atoms with E-state index in [1.54, 1.807) is 0 Å². The summed E-state index contributed by atoms with van der Waals surface area (Å²) in [4.78, 5) is 15.1. The maximum atomic E-state index is 11.9. The molecule has 0 aliphatic heterocycles. The van der Waals surface area contributed by atoms with Crippen LogP contribution >= 0.6 is 0 Å². The normalized spacial score (nSPS) is 29.4. The number of aromatic amines is 1. The molecule has 0 radical (unpaired) electrons. The van der Waals surface area contributed by atoms with Crippen molar-refractivity contribution in [2.24, 2.45) is 23.7 Å². The third-order valence-corrected chi connectivity index (χ3v) is 9.11. The van der Waals surface area contributed by atoms with Gasteiger partial charge in [0.1, 0.15) is 0 Å². The number of rotatable bonds is 17. The molecule has 0 saturated heterocycles. The first kappa shape index (κ1) is 29.9. The van der Waals surface area contributed by atoms with E-state index in [1.165, 1.54) is 19.3 Å². The highest BCUT2D eigenvalue weighted by Gasteiger charge is 2.41. The first-order valence-electron chi connectivity index (χ1n) is 14.9. The van der Waals surface area contributed by atoms with Crippen LogP contribution in [-0.4, -0.2) is 49.2 Å². The number of carbonyl (C=O) groups is 1. The van der Waals surface area contributed by atoms with Crippen LogP contribution in [0.15, 0.2) is 30.5 Å². The highest BCUT2D eigenvalue weighted by atomic mass is 16.4. The number of unbranched alkanes of at least 4 members (excludes halogenated alkanes) is 4. The van der Waals surface area contributed by atoms with Gasteiger partial charge in [-0.05, 0) is 81.8 Å². The molecular weight excluding hydrogens is 466 g/mol. The Labute approximate surface area is 223 Å². The van der Waals surface area contributed by atoms with Crippen molar-refractivity contribution in [2.75, 3.05) is 0 Å². The van der Waals surface area contributed by atoms with E-state index >= 15 is 0 Å². The maximum absolute atomic E-state index is 11.9. The first-order chi connectivity index (χ1) is 17.8. The summed E-state index contributed by atoms with van der Waals surface area (Å²) in [5.74, 6) is -0.905. The molecule has 1 aromatic rings. The molecular formula is C31H51NO5. The molecule has 1 saturated carbocycles. The van der Waals surface area contributed by atoms with Crippen molar-refractivity contribution in [3.63, 3.8) is 0 Å². The molecule has 0 amide bonds. The van der Waals surface area contributed by atoms with Gasteiger partial charge < -0.3 is 25.4 Å². The fraction of sp³-hybridized carbons (Fsp3) is 0.774. The summed E-state index contributed by atoms with van der Waals surface area (Å²) >= 11 is 0. The summed E-state index contributed by atoms with van der Waals surface area (Å²) in [5.41, 5.74) is 0.274. The second kappa shape index (κ2) is 15.1. The smallest absolute Gasteiger partial charge is 0.309 e. The van der Waals surface area contributed by atoms with Crippen LogP contribution in [0.2, 0.25) is 0 Å². The van der Waals surface area contributed by atoms with Crippen LogP contribution in [0.25, 0.3) is 0 Å². The Balaban J connectivity index is 1.36. The van der Waals surface area contributed by atoms with Crippen LogP contribution in [0.5, 0.6) is 0 Å². The number of allylic oxidation sites excluding steroid dienone is 1. The molecule has 1 fully saturated rings. The van der Waals surface area contributed by atoms with Gasteiger partial charge >= 0.3 is 5.97 Å². The van der Waals surface area contributed by atoms with Crippen molar-refractivity contribution >= 4 is 5.97 Å². The molecule has 1 heterocycles. The number of H-pyrrole nitrogens is 1. The Morgan fingerprint density at radius 3 is 2.65 bits per heavy atom. The largest absolute Gasteiger partial charge is 0.481 e. The van der Waals surface area contributed by atoms with Crippen molar-refractivity contribution in [1.29, 1.82) is 0 Å². The van der Waals surface area contributed by atoms with E-state index < -0.39 is 23.6 Å². The molecule has 2 aliphatic rings. The van der Waals surface area contributed by atoms with Crippen molar-refractivity contribution in [2.45, 2.75) is 127 Å². The molecule has 5 N–H and O–H groups in total. The average Bonchev–Trinajstić information content (AvgIpc) is 3.51. The summed E-state index contributed by atoms with van der Waals surface area (Å²) in [7, 11) is 0. The summed E-state index contributed by atoms with van der Waals surface area (Å²) in [5, 5.41) is 42.3. The molecule has 0 unspecified atom stereocenters. The summed E-state index contributed by atoms with van der Waals surface area (Å²) in [6, 6.07) is 3.99. The van der Waals surface area contributed by atoms with Crippen LogP contribution in [-0.2, 0) is 11.2 Å². The number of aliphatic hydroxyl groups excluding tert-OH is 2. The van der Waals surface area contributed by atoms with Crippen LogP contribution in [0.1, 0.15) is 109 Å². The Hall–Kier alpha value is -1.63. The number of carboxylic acids is 1. The minimum atomic E-state index is -0.950. The summed E-state index contributed by atoms with van der Waals surface area (Å²) in [6.07, 6.45) is 19.0. The summed E-state index contributed by atoms with van der Waals surface area (Å²) < 4.78 is 0. The predicted molar refractivity (Wildman–Crippen MR) is 147 cm³/mol. The van der Waals surface area contributed by atoms with Gasteiger partial charge in [0, 0.05) is 17.8 Å². The molecule has 2 aliphatic carbocycles. The van der Waals surface area contributed by atoms with E-state index in [4.69, 9.17) is 0 Å². The van der Waals surface area contributed by atoms with Crippen LogP contribution in [0.3, 0.4) is 0 Å². The zero-order valence-corrected chi connectivity index (χ0v) is 22.9. The zero-order chi connectivity index (χ0) is 26.7. The van der Waals surface area contributed by atoms with E-state index in [0.717, 1.165) is 63.5 Å². The fourth-order valence-electron chi connectivity index (χ4n) is 6.66.